The molecule has 9 rings (SSSR count). The van der Waals surface area contributed by atoms with E-state index in [1.807, 2.05) is 36.2 Å². The molecule has 8 aromatic rings. The number of ketones is 2. The van der Waals surface area contributed by atoms with Crippen molar-refractivity contribution in [3.63, 3.8) is 0 Å². The van der Waals surface area contributed by atoms with Gasteiger partial charge < -0.3 is 40.2 Å². The Morgan fingerprint density at radius 2 is 1.33 bits per heavy atom. The zero-order chi connectivity index (χ0) is 52.9. The Hall–Kier alpha value is -9.80. The fourth-order valence-corrected chi connectivity index (χ4v) is 8.38. The van der Waals surface area contributed by atoms with Gasteiger partial charge in [0.25, 0.3) is 0 Å². The normalized spacial score (nSPS) is 12.1. The molecule has 0 bridgehead atoms. The molecular formula is C52H51FN16O6. The molecule has 1 aliphatic heterocycles. The van der Waals surface area contributed by atoms with E-state index in [1.165, 1.54) is 53.9 Å². The fourth-order valence-electron chi connectivity index (χ4n) is 8.38. The van der Waals surface area contributed by atoms with Crippen molar-refractivity contribution in [2.24, 2.45) is 19.2 Å². The summed E-state index contributed by atoms with van der Waals surface area (Å²) in [5.74, 6) is 1.89. The van der Waals surface area contributed by atoms with Crippen molar-refractivity contribution in [1.82, 2.24) is 53.7 Å². The average Bonchev–Trinajstić information content (AvgIpc) is 4.00. The van der Waals surface area contributed by atoms with Gasteiger partial charge in [0.1, 0.15) is 42.1 Å². The number of amidine groups is 1. The summed E-state index contributed by atoms with van der Waals surface area (Å²) < 4.78 is 30.3. The van der Waals surface area contributed by atoms with Crippen LogP contribution < -0.4 is 42.1 Å². The molecule has 22 nitrogen and oxygen atoms in total. The first-order valence-electron chi connectivity index (χ1n) is 23.6. The number of hydrazone groups is 1. The van der Waals surface area contributed by atoms with Crippen molar-refractivity contribution in [1.29, 1.82) is 0 Å². The zero-order valence-corrected chi connectivity index (χ0v) is 41.9. The molecule has 5 aromatic heterocycles. The number of methoxy groups -OCH3 is 2. The van der Waals surface area contributed by atoms with E-state index in [-0.39, 0.29) is 60.6 Å². The quantitative estimate of drug-likeness (QED) is 0.0581. The van der Waals surface area contributed by atoms with Crippen molar-refractivity contribution in [3.8, 4) is 28.6 Å². The minimum absolute atomic E-state index is 0.0284. The van der Waals surface area contributed by atoms with E-state index in [1.54, 1.807) is 92.6 Å². The molecule has 23 heteroatoms. The van der Waals surface area contributed by atoms with Crippen LogP contribution in [0.1, 0.15) is 58.7 Å². The molecule has 0 saturated heterocycles. The van der Waals surface area contributed by atoms with E-state index in [4.69, 9.17) is 19.6 Å². The molecule has 0 radical (unpaired) electrons. The van der Waals surface area contributed by atoms with Crippen LogP contribution in [0, 0.1) is 5.82 Å². The lowest BCUT2D eigenvalue weighted by atomic mass is 10.0. The number of benzene rings is 3. The van der Waals surface area contributed by atoms with Gasteiger partial charge in [-0.25, -0.2) is 28.9 Å². The average molecular weight is 1020 g/mol. The number of Topliss-reactive ketones (excluding diaryl/α,β-unsaturated/α-hetero) is 2. The molecule has 0 fully saturated rings. The molecule has 1 aliphatic rings. The SMILES string of the molecule is CCC(=O)c1cnc(Nc2ccn(C)c(=O)n2)cc1Nc1cccc(C2=NN(Cc3nc(Nc4ccn(-c5cccc(F)c5)c(=O)n4)cc(Nc4cccc(-c5ncn(C)n5)c4OC)c3C(=O)CC)CN2C)c1OC. The van der Waals surface area contributed by atoms with E-state index in [9.17, 15) is 23.6 Å². The summed E-state index contributed by atoms with van der Waals surface area (Å²) in [5.41, 5.74) is 3.15. The lowest BCUT2D eigenvalue weighted by molar-refractivity contribution is 0.0979. The van der Waals surface area contributed by atoms with Crippen LogP contribution in [0.2, 0.25) is 0 Å². The predicted octanol–water partition coefficient (Wildman–Crippen LogP) is 7.29. The van der Waals surface area contributed by atoms with Crippen molar-refractivity contribution in [2.45, 2.75) is 33.2 Å². The summed E-state index contributed by atoms with van der Waals surface area (Å²) in [5, 5.41) is 24.3. The maximum Gasteiger partial charge on any atom is 0.354 e. The minimum atomic E-state index is -0.671. The summed E-state index contributed by atoms with van der Waals surface area (Å²) in [6.07, 6.45) is 6.45. The Labute approximate surface area is 428 Å². The summed E-state index contributed by atoms with van der Waals surface area (Å²) in [4.78, 5) is 77.1. The van der Waals surface area contributed by atoms with Gasteiger partial charge in [-0.05, 0) is 54.6 Å². The van der Waals surface area contributed by atoms with Crippen LogP contribution in [0.4, 0.5) is 50.4 Å². The zero-order valence-electron chi connectivity index (χ0n) is 41.9. The topological polar surface area (TPSA) is 246 Å². The first kappa shape index (κ1) is 50.2. The van der Waals surface area contributed by atoms with Crippen LogP contribution in [0.3, 0.4) is 0 Å². The molecule has 0 saturated carbocycles. The third-order valence-corrected chi connectivity index (χ3v) is 12.0. The third-order valence-electron chi connectivity index (χ3n) is 12.0. The number of para-hydroxylation sites is 2. The van der Waals surface area contributed by atoms with Crippen molar-refractivity contribution < 1.29 is 23.5 Å². The third kappa shape index (κ3) is 10.7. The molecule has 75 heavy (non-hydrogen) atoms. The number of halogens is 1. The number of aromatic nitrogens is 9. The Morgan fingerprint density at radius 3 is 2.00 bits per heavy atom. The number of hydrogen-bond acceptors (Lipinski definition) is 19. The molecule has 382 valence electrons. The number of ether oxygens (including phenoxy) is 2. The Balaban J connectivity index is 1.08. The number of carbonyl (C=O) groups excluding carboxylic acids is 2. The summed E-state index contributed by atoms with van der Waals surface area (Å²) >= 11 is 0. The van der Waals surface area contributed by atoms with Crippen LogP contribution in [-0.4, -0.2) is 99.1 Å². The van der Waals surface area contributed by atoms with Gasteiger partial charge >= 0.3 is 11.4 Å². The maximum atomic E-state index is 14.2. The summed E-state index contributed by atoms with van der Waals surface area (Å²) in [6.45, 7) is 3.81. The largest absolute Gasteiger partial charge is 0.494 e. The number of anilines is 8. The Kier molecular flexibility index (Phi) is 14.4. The van der Waals surface area contributed by atoms with E-state index in [0.717, 1.165) is 0 Å². The van der Waals surface area contributed by atoms with Gasteiger partial charge in [0, 0.05) is 64.7 Å². The molecule has 3 aromatic carbocycles. The molecule has 0 atom stereocenters. The highest BCUT2D eigenvalue weighted by molar-refractivity contribution is 6.06. The van der Waals surface area contributed by atoms with Crippen LogP contribution in [0.5, 0.6) is 11.5 Å². The molecule has 0 unspecified atom stereocenters. The monoisotopic (exact) mass is 1010 g/mol. The highest BCUT2D eigenvalue weighted by atomic mass is 19.1. The lowest BCUT2D eigenvalue weighted by Crippen LogP contribution is -2.28. The van der Waals surface area contributed by atoms with Gasteiger partial charge in [-0.3, -0.25) is 23.8 Å². The smallest absolute Gasteiger partial charge is 0.354 e. The highest BCUT2D eigenvalue weighted by Crippen LogP contribution is 2.40. The molecule has 0 amide bonds. The molecular weight excluding hydrogens is 964 g/mol. The van der Waals surface area contributed by atoms with Gasteiger partial charge in [0.05, 0.1) is 77.1 Å². The minimum Gasteiger partial charge on any atom is -0.494 e. The second kappa shape index (κ2) is 21.5. The van der Waals surface area contributed by atoms with E-state index in [0.29, 0.717) is 79.8 Å². The van der Waals surface area contributed by atoms with Crippen LogP contribution >= 0.6 is 0 Å². The number of hydrogen-bond donors (Lipinski definition) is 4. The van der Waals surface area contributed by atoms with Crippen LogP contribution in [-0.2, 0) is 20.6 Å². The number of aryl methyl sites for hydroxylation is 2. The molecule has 6 heterocycles. The fraction of sp³-hybridized carbons (Fsp3) is 0.212. The first-order valence-corrected chi connectivity index (χ1v) is 23.6. The number of carbonyl (C=O) groups is 2. The van der Waals surface area contributed by atoms with Gasteiger partial charge in [0.2, 0.25) is 0 Å². The standard InChI is InChI=1S/C52H51FN16O6/c1-8-40(70)34-26-54-44(59-42-19-21-65(3)51(72)61-42)24-37(34)56-36-18-12-16-33(48(36)75-7)50-64-68(29-66(50)4)27-39-46(41(71)9-2)38(57-35-17-11-15-32(47(35)74-6)49-55-28-67(5)63-49)25-45(58-39)60-43-20-22-69(52(73)62-43)31-14-10-13-30(53)23-31/h10-26,28H,8-9,27,29H2,1-7H3,(H2,54,56,59,61,72)(H2,57,58,60,62,73). The number of nitrogens with zero attached hydrogens (tertiary/aromatic N) is 12. The maximum absolute atomic E-state index is 14.2. The van der Waals surface area contributed by atoms with E-state index in [2.05, 4.69) is 46.3 Å². The summed E-state index contributed by atoms with van der Waals surface area (Å²) in [6, 6.07) is 23.0. The molecule has 0 spiro atoms. The molecule has 4 N–H and O–H groups in total. The molecule has 0 aliphatic carbocycles. The summed E-state index contributed by atoms with van der Waals surface area (Å²) in [7, 11) is 8.29. The highest BCUT2D eigenvalue weighted by Gasteiger charge is 2.29. The number of rotatable bonds is 19. The Bertz CT molecular complexity index is 3650. The van der Waals surface area contributed by atoms with Crippen LogP contribution in [0.25, 0.3) is 17.1 Å². The van der Waals surface area contributed by atoms with E-state index < -0.39 is 17.2 Å². The van der Waals surface area contributed by atoms with Crippen molar-refractivity contribution in [2.75, 3.05) is 49.2 Å². The van der Waals surface area contributed by atoms with Crippen molar-refractivity contribution >= 4 is 63.4 Å². The van der Waals surface area contributed by atoms with Gasteiger partial charge in [-0.1, -0.05) is 32.0 Å². The second-order valence-electron chi connectivity index (χ2n) is 17.1. The Morgan fingerprint density at radius 1 is 0.680 bits per heavy atom. The van der Waals surface area contributed by atoms with Crippen molar-refractivity contribution in [3.05, 3.63) is 159 Å². The first-order chi connectivity index (χ1) is 36.2. The number of nitrogens with one attached hydrogen (secondary N) is 4. The van der Waals surface area contributed by atoms with Gasteiger partial charge in [-0.15, -0.1) is 0 Å². The second-order valence-corrected chi connectivity index (χ2v) is 17.1. The van der Waals surface area contributed by atoms with Crippen LogP contribution in [0.15, 0.2) is 125 Å². The van der Waals surface area contributed by atoms with Gasteiger partial charge in [0.15, 0.2) is 34.7 Å². The lowest BCUT2D eigenvalue weighted by Gasteiger charge is -2.22. The predicted molar refractivity (Wildman–Crippen MR) is 281 cm³/mol. The van der Waals surface area contributed by atoms with Gasteiger partial charge in [-0.2, -0.15) is 20.2 Å². The number of pyridine rings is 2. The van der Waals surface area contributed by atoms with E-state index >= 15 is 0 Å².